The highest BCUT2D eigenvalue weighted by Crippen LogP contribution is 2.32. The van der Waals surface area contributed by atoms with Gasteiger partial charge in [-0.3, -0.25) is 4.98 Å². The fraction of sp³-hybridized carbons (Fsp3) is 0.286. The number of amidine groups is 1. The second-order valence-electron chi connectivity index (χ2n) is 4.30. The van der Waals surface area contributed by atoms with Crippen LogP contribution in [-0.2, 0) is 0 Å². The molecule has 4 nitrogen and oxygen atoms in total. The lowest BCUT2D eigenvalue weighted by atomic mass is 10.2. The van der Waals surface area contributed by atoms with E-state index in [1.54, 1.807) is 13.1 Å². The molecule has 0 unspecified atom stereocenters. The Kier molecular flexibility index (Phi) is 5.18. The van der Waals surface area contributed by atoms with Gasteiger partial charge in [0.1, 0.15) is 0 Å². The van der Waals surface area contributed by atoms with E-state index in [0.717, 1.165) is 21.1 Å². The lowest BCUT2D eigenvalue weighted by Crippen LogP contribution is -2.08. The molecule has 4 N–H and O–H groups in total. The molecule has 1 rings (SSSR count). The zero-order valence-corrected chi connectivity index (χ0v) is 12.6. The first-order valence-corrected chi connectivity index (χ1v) is 6.71. The van der Waals surface area contributed by atoms with Crippen molar-refractivity contribution >= 4 is 17.6 Å². The smallest absolute Gasteiger partial charge is 0.0961 e. The lowest BCUT2D eigenvalue weighted by Gasteiger charge is -2.11. The van der Waals surface area contributed by atoms with Gasteiger partial charge in [-0.2, -0.15) is 0 Å². The van der Waals surface area contributed by atoms with Gasteiger partial charge in [-0.15, -0.1) is 0 Å². The Morgan fingerprint density at radius 2 is 1.95 bits per heavy atom. The first-order chi connectivity index (χ1) is 8.82. The molecule has 0 radical (unpaired) electrons. The summed E-state index contributed by atoms with van der Waals surface area (Å²) in [6, 6.07) is 1.96. The monoisotopic (exact) mass is 276 g/mol. The molecule has 1 heterocycles. The van der Waals surface area contributed by atoms with E-state index in [-0.39, 0.29) is 0 Å². The standard InChI is InChI=1S/C14H20N4S/c1-8-9(2)17-7-6-13(8)19-11(4)14(16)10(3)18-12(5)15/h6-7H,4,16H2,1-3,5H3,(H2,15,18)/b14-10-. The maximum atomic E-state index is 6.03. The van der Waals surface area contributed by atoms with Crippen LogP contribution >= 0.6 is 11.8 Å². The molecule has 0 aliphatic rings. The van der Waals surface area contributed by atoms with Gasteiger partial charge in [0.15, 0.2) is 0 Å². The fourth-order valence-corrected chi connectivity index (χ4v) is 2.39. The number of pyridine rings is 1. The van der Waals surface area contributed by atoms with Crippen LogP contribution in [0.15, 0.2) is 45.0 Å². The molecule has 0 spiro atoms. The predicted molar refractivity (Wildman–Crippen MR) is 82.9 cm³/mol. The summed E-state index contributed by atoms with van der Waals surface area (Å²) < 4.78 is 0. The molecule has 0 atom stereocenters. The van der Waals surface area contributed by atoms with Crippen molar-refractivity contribution in [2.45, 2.75) is 32.6 Å². The van der Waals surface area contributed by atoms with Gasteiger partial charge < -0.3 is 11.5 Å². The molecule has 0 aliphatic heterocycles. The van der Waals surface area contributed by atoms with Crippen LogP contribution in [0, 0.1) is 13.8 Å². The van der Waals surface area contributed by atoms with Crippen LogP contribution in [0.4, 0.5) is 0 Å². The molecular weight excluding hydrogens is 256 g/mol. The minimum atomic E-state index is 0.481. The molecule has 1 aromatic heterocycles. The minimum Gasteiger partial charge on any atom is -0.396 e. The normalized spacial score (nSPS) is 13.2. The summed E-state index contributed by atoms with van der Waals surface area (Å²) in [6.07, 6.45) is 1.78. The SMILES string of the molecule is C=C(Sc1ccnc(C)c1C)/C(N)=C(\C)N=C(C)N. The van der Waals surface area contributed by atoms with E-state index in [2.05, 4.69) is 16.6 Å². The number of aromatic nitrogens is 1. The van der Waals surface area contributed by atoms with Gasteiger partial charge in [0.05, 0.1) is 17.2 Å². The van der Waals surface area contributed by atoms with Gasteiger partial charge in [-0.25, -0.2) is 4.99 Å². The number of rotatable bonds is 4. The number of allylic oxidation sites excluding steroid dienone is 1. The summed E-state index contributed by atoms with van der Waals surface area (Å²) in [6.45, 7) is 11.6. The van der Waals surface area contributed by atoms with Crippen LogP contribution in [0.5, 0.6) is 0 Å². The largest absolute Gasteiger partial charge is 0.396 e. The van der Waals surface area contributed by atoms with Crippen molar-refractivity contribution in [3.8, 4) is 0 Å². The molecule has 0 bridgehead atoms. The van der Waals surface area contributed by atoms with Gasteiger partial charge in [-0.05, 0) is 39.3 Å². The maximum absolute atomic E-state index is 6.03. The first kappa shape index (κ1) is 15.3. The second kappa shape index (κ2) is 6.43. The first-order valence-electron chi connectivity index (χ1n) is 5.89. The van der Waals surface area contributed by atoms with E-state index in [0.29, 0.717) is 17.2 Å². The van der Waals surface area contributed by atoms with Gasteiger partial charge in [0, 0.05) is 21.7 Å². The van der Waals surface area contributed by atoms with E-state index in [1.807, 2.05) is 26.8 Å². The molecule has 0 saturated carbocycles. The molecular formula is C14H20N4S. The van der Waals surface area contributed by atoms with E-state index >= 15 is 0 Å². The van der Waals surface area contributed by atoms with Crippen molar-refractivity contribution in [2.24, 2.45) is 16.5 Å². The third-order valence-electron chi connectivity index (χ3n) is 2.67. The Hall–Kier alpha value is -1.75. The molecule has 0 amide bonds. The summed E-state index contributed by atoms with van der Waals surface area (Å²) in [4.78, 5) is 10.2. The highest BCUT2D eigenvalue weighted by Gasteiger charge is 2.08. The predicted octanol–water partition coefficient (Wildman–Crippen LogP) is 2.87. The topological polar surface area (TPSA) is 77.3 Å². The van der Waals surface area contributed by atoms with Crippen molar-refractivity contribution in [1.29, 1.82) is 0 Å². The Labute approximate surface area is 118 Å². The molecule has 19 heavy (non-hydrogen) atoms. The van der Waals surface area contributed by atoms with Crippen LogP contribution in [0.2, 0.25) is 0 Å². The van der Waals surface area contributed by atoms with Crippen molar-refractivity contribution in [3.05, 3.63) is 46.4 Å². The molecule has 0 fully saturated rings. The quantitative estimate of drug-likeness (QED) is 0.384. The fourth-order valence-electron chi connectivity index (χ4n) is 1.44. The maximum Gasteiger partial charge on any atom is 0.0961 e. The highest BCUT2D eigenvalue weighted by atomic mass is 32.2. The molecule has 0 aliphatic carbocycles. The van der Waals surface area contributed by atoms with Gasteiger partial charge in [-0.1, -0.05) is 18.3 Å². The molecule has 102 valence electrons. The summed E-state index contributed by atoms with van der Waals surface area (Å²) in [5, 5.41) is 0. The summed E-state index contributed by atoms with van der Waals surface area (Å²) in [7, 11) is 0. The number of nitrogens with zero attached hydrogens (tertiary/aromatic N) is 2. The van der Waals surface area contributed by atoms with Crippen molar-refractivity contribution in [3.63, 3.8) is 0 Å². The minimum absolute atomic E-state index is 0.481. The van der Waals surface area contributed by atoms with Crippen LogP contribution in [0.1, 0.15) is 25.1 Å². The van der Waals surface area contributed by atoms with Gasteiger partial charge >= 0.3 is 0 Å². The van der Waals surface area contributed by atoms with Gasteiger partial charge in [0.2, 0.25) is 0 Å². The Balaban J connectivity index is 2.98. The molecule has 0 aromatic carbocycles. The highest BCUT2D eigenvalue weighted by molar-refractivity contribution is 8.03. The third-order valence-corrected chi connectivity index (χ3v) is 3.80. The van der Waals surface area contributed by atoms with Crippen LogP contribution in [0.3, 0.4) is 0 Å². The van der Waals surface area contributed by atoms with Crippen molar-refractivity contribution in [2.75, 3.05) is 0 Å². The number of nitrogens with two attached hydrogens (primary N) is 2. The summed E-state index contributed by atoms with van der Waals surface area (Å²) >= 11 is 1.52. The van der Waals surface area contributed by atoms with Crippen LogP contribution in [0.25, 0.3) is 0 Å². The Bertz CT molecular complexity index is 555. The van der Waals surface area contributed by atoms with Crippen LogP contribution < -0.4 is 11.5 Å². The average molecular weight is 276 g/mol. The Morgan fingerprint density at radius 3 is 2.53 bits per heavy atom. The number of aryl methyl sites for hydroxylation is 1. The number of hydrogen-bond acceptors (Lipinski definition) is 4. The number of thioether (sulfide) groups is 1. The molecule has 0 saturated heterocycles. The average Bonchev–Trinajstić information content (AvgIpc) is 2.33. The summed E-state index contributed by atoms with van der Waals surface area (Å²) in [5.41, 5.74) is 15.0. The Morgan fingerprint density at radius 1 is 1.32 bits per heavy atom. The van der Waals surface area contributed by atoms with Gasteiger partial charge in [0.25, 0.3) is 0 Å². The van der Waals surface area contributed by atoms with E-state index in [4.69, 9.17) is 11.5 Å². The van der Waals surface area contributed by atoms with Crippen LogP contribution in [-0.4, -0.2) is 10.8 Å². The van der Waals surface area contributed by atoms with E-state index < -0.39 is 0 Å². The zero-order chi connectivity index (χ0) is 14.6. The third kappa shape index (κ3) is 4.13. The van der Waals surface area contributed by atoms with E-state index in [9.17, 15) is 0 Å². The zero-order valence-electron chi connectivity index (χ0n) is 11.8. The lowest BCUT2D eigenvalue weighted by molar-refractivity contribution is 1.09. The molecule has 1 aromatic rings. The second-order valence-corrected chi connectivity index (χ2v) is 5.43. The number of hydrogen-bond donors (Lipinski definition) is 2. The van der Waals surface area contributed by atoms with Crippen molar-refractivity contribution in [1.82, 2.24) is 4.98 Å². The summed E-state index contributed by atoms with van der Waals surface area (Å²) in [5.74, 6) is 0.481. The number of aliphatic imine (C=N–C) groups is 1. The van der Waals surface area contributed by atoms with Crippen molar-refractivity contribution < 1.29 is 0 Å². The molecule has 5 heteroatoms. The van der Waals surface area contributed by atoms with E-state index in [1.165, 1.54) is 11.8 Å².